The molecule has 1 aliphatic rings. The number of amides is 1. The predicted octanol–water partition coefficient (Wildman–Crippen LogP) is 2.73. The SMILES string of the molecule is CSc1ccc(S(=O)(=O)N[C@@H]2CCCCNC2=O)c(C)c1-c1ccccn1. The van der Waals surface area contributed by atoms with Crippen LogP contribution in [0, 0.1) is 6.92 Å². The molecule has 0 spiro atoms. The smallest absolute Gasteiger partial charge is 0.241 e. The Morgan fingerprint density at radius 1 is 1.22 bits per heavy atom. The molecular formula is C19H23N3O3S2. The van der Waals surface area contributed by atoms with Gasteiger partial charge in [0, 0.05) is 23.2 Å². The molecule has 0 radical (unpaired) electrons. The molecule has 2 heterocycles. The Morgan fingerprint density at radius 2 is 2.04 bits per heavy atom. The molecule has 2 aromatic rings. The fraction of sp³-hybridized carbons (Fsp3) is 0.368. The average Bonchev–Trinajstić information content (AvgIpc) is 2.86. The molecule has 144 valence electrons. The lowest BCUT2D eigenvalue weighted by Gasteiger charge is -2.19. The highest BCUT2D eigenvalue weighted by atomic mass is 32.2. The van der Waals surface area contributed by atoms with Crippen molar-refractivity contribution in [2.24, 2.45) is 0 Å². The molecule has 0 unspecified atom stereocenters. The van der Waals surface area contributed by atoms with Gasteiger partial charge in [0.15, 0.2) is 0 Å². The van der Waals surface area contributed by atoms with Crippen LogP contribution in [0.3, 0.4) is 0 Å². The maximum Gasteiger partial charge on any atom is 0.241 e. The van der Waals surface area contributed by atoms with Crippen molar-refractivity contribution in [3.63, 3.8) is 0 Å². The summed E-state index contributed by atoms with van der Waals surface area (Å²) in [6, 6.07) is 8.22. The lowest BCUT2D eigenvalue weighted by Crippen LogP contribution is -2.45. The molecule has 0 saturated carbocycles. The summed E-state index contributed by atoms with van der Waals surface area (Å²) in [5.74, 6) is -0.264. The third kappa shape index (κ3) is 4.34. The van der Waals surface area contributed by atoms with E-state index in [4.69, 9.17) is 0 Å². The van der Waals surface area contributed by atoms with Gasteiger partial charge < -0.3 is 5.32 Å². The van der Waals surface area contributed by atoms with Gasteiger partial charge in [-0.3, -0.25) is 9.78 Å². The summed E-state index contributed by atoms with van der Waals surface area (Å²) in [5.41, 5.74) is 2.15. The molecule has 2 N–H and O–H groups in total. The molecule has 1 aromatic carbocycles. The summed E-state index contributed by atoms with van der Waals surface area (Å²) < 4.78 is 28.7. The molecule has 1 aromatic heterocycles. The number of thioether (sulfide) groups is 1. The zero-order chi connectivity index (χ0) is 19.4. The topological polar surface area (TPSA) is 88.2 Å². The largest absolute Gasteiger partial charge is 0.355 e. The number of benzene rings is 1. The van der Waals surface area contributed by atoms with Crippen LogP contribution in [0.2, 0.25) is 0 Å². The van der Waals surface area contributed by atoms with Gasteiger partial charge in [0.1, 0.15) is 6.04 Å². The number of hydrogen-bond acceptors (Lipinski definition) is 5. The van der Waals surface area contributed by atoms with E-state index in [2.05, 4.69) is 15.0 Å². The number of nitrogens with zero attached hydrogens (tertiary/aromatic N) is 1. The Hall–Kier alpha value is -1.90. The van der Waals surface area contributed by atoms with Crippen LogP contribution < -0.4 is 10.0 Å². The van der Waals surface area contributed by atoms with Crippen LogP contribution in [0.4, 0.5) is 0 Å². The zero-order valence-electron chi connectivity index (χ0n) is 15.4. The second-order valence-corrected chi connectivity index (χ2v) is 8.97. The highest BCUT2D eigenvalue weighted by molar-refractivity contribution is 7.98. The fourth-order valence-electron chi connectivity index (χ4n) is 3.26. The Bertz CT molecular complexity index is 931. The van der Waals surface area contributed by atoms with Gasteiger partial charge >= 0.3 is 0 Å². The number of nitrogens with one attached hydrogen (secondary N) is 2. The number of rotatable bonds is 5. The highest BCUT2D eigenvalue weighted by Crippen LogP contribution is 2.35. The number of aromatic nitrogens is 1. The highest BCUT2D eigenvalue weighted by Gasteiger charge is 2.29. The first-order chi connectivity index (χ1) is 12.9. The molecule has 0 aliphatic carbocycles. The number of hydrogen-bond donors (Lipinski definition) is 2. The number of sulfonamides is 1. The molecule has 3 rings (SSSR count). The second kappa shape index (κ2) is 8.41. The van der Waals surface area contributed by atoms with E-state index in [0.29, 0.717) is 18.5 Å². The zero-order valence-corrected chi connectivity index (χ0v) is 17.0. The van der Waals surface area contributed by atoms with Crippen molar-refractivity contribution in [2.45, 2.75) is 42.0 Å². The Labute approximate surface area is 164 Å². The van der Waals surface area contributed by atoms with Crippen molar-refractivity contribution in [3.8, 4) is 11.3 Å². The van der Waals surface area contributed by atoms with Gasteiger partial charge in [0.25, 0.3) is 0 Å². The molecule has 1 fully saturated rings. The van der Waals surface area contributed by atoms with E-state index >= 15 is 0 Å². The normalized spacial score (nSPS) is 18.0. The van der Waals surface area contributed by atoms with Crippen LogP contribution in [-0.2, 0) is 14.8 Å². The average molecular weight is 406 g/mol. The summed E-state index contributed by atoms with van der Waals surface area (Å²) in [5, 5.41) is 2.76. The van der Waals surface area contributed by atoms with Crippen LogP contribution >= 0.6 is 11.8 Å². The van der Waals surface area contributed by atoms with E-state index < -0.39 is 16.1 Å². The maximum atomic E-state index is 13.0. The summed E-state index contributed by atoms with van der Waals surface area (Å²) in [4.78, 5) is 17.7. The van der Waals surface area contributed by atoms with Gasteiger partial charge in [-0.05, 0) is 62.3 Å². The fourth-order valence-corrected chi connectivity index (χ4v) is 5.41. The lowest BCUT2D eigenvalue weighted by atomic mass is 10.1. The third-order valence-electron chi connectivity index (χ3n) is 4.64. The number of carbonyl (C=O) groups excluding carboxylic acids is 1. The van der Waals surface area contributed by atoms with Crippen molar-refractivity contribution < 1.29 is 13.2 Å². The Morgan fingerprint density at radius 3 is 2.74 bits per heavy atom. The van der Waals surface area contributed by atoms with E-state index in [1.54, 1.807) is 37.0 Å². The first-order valence-corrected chi connectivity index (χ1v) is 11.5. The molecule has 27 heavy (non-hydrogen) atoms. The molecule has 0 bridgehead atoms. The van der Waals surface area contributed by atoms with Crippen LogP contribution in [0.5, 0.6) is 0 Å². The minimum absolute atomic E-state index is 0.179. The van der Waals surface area contributed by atoms with Crippen LogP contribution in [0.15, 0.2) is 46.3 Å². The minimum atomic E-state index is -3.84. The van der Waals surface area contributed by atoms with Crippen LogP contribution in [-0.4, -0.2) is 38.2 Å². The van der Waals surface area contributed by atoms with Crippen molar-refractivity contribution in [2.75, 3.05) is 12.8 Å². The first kappa shape index (κ1) is 19.9. The molecular weight excluding hydrogens is 382 g/mol. The van der Waals surface area contributed by atoms with E-state index in [1.165, 1.54) is 0 Å². The van der Waals surface area contributed by atoms with Gasteiger partial charge in [-0.2, -0.15) is 4.72 Å². The van der Waals surface area contributed by atoms with Gasteiger partial charge in [-0.25, -0.2) is 8.42 Å². The van der Waals surface area contributed by atoms with E-state index in [1.807, 2.05) is 24.5 Å². The van der Waals surface area contributed by atoms with Gasteiger partial charge in [-0.1, -0.05) is 6.07 Å². The molecule has 1 aliphatic heterocycles. The molecule has 6 nitrogen and oxygen atoms in total. The summed E-state index contributed by atoms with van der Waals surface area (Å²) >= 11 is 1.54. The van der Waals surface area contributed by atoms with Gasteiger partial charge in [0.2, 0.25) is 15.9 Å². The van der Waals surface area contributed by atoms with E-state index in [-0.39, 0.29) is 10.8 Å². The van der Waals surface area contributed by atoms with Gasteiger partial charge in [0.05, 0.1) is 10.6 Å². The number of carbonyl (C=O) groups is 1. The molecule has 1 atom stereocenters. The van der Waals surface area contributed by atoms with E-state index in [9.17, 15) is 13.2 Å². The van der Waals surface area contributed by atoms with Gasteiger partial charge in [-0.15, -0.1) is 11.8 Å². The second-order valence-electron chi connectivity index (χ2n) is 6.44. The summed E-state index contributed by atoms with van der Waals surface area (Å²) in [7, 11) is -3.84. The van der Waals surface area contributed by atoms with Crippen molar-refractivity contribution >= 4 is 27.7 Å². The third-order valence-corrected chi connectivity index (χ3v) is 7.04. The Balaban J connectivity index is 2.02. The van der Waals surface area contributed by atoms with E-state index in [0.717, 1.165) is 29.0 Å². The quantitative estimate of drug-likeness (QED) is 0.747. The monoisotopic (exact) mass is 405 g/mol. The lowest BCUT2D eigenvalue weighted by molar-refractivity contribution is -0.122. The molecule has 8 heteroatoms. The minimum Gasteiger partial charge on any atom is -0.355 e. The van der Waals surface area contributed by atoms with Crippen molar-refractivity contribution in [1.82, 2.24) is 15.0 Å². The molecule has 1 saturated heterocycles. The first-order valence-electron chi connectivity index (χ1n) is 8.83. The maximum absolute atomic E-state index is 13.0. The van der Waals surface area contributed by atoms with Crippen molar-refractivity contribution in [1.29, 1.82) is 0 Å². The van der Waals surface area contributed by atoms with Crippen molar-refractivity contribution in [3.05, 3.63) is 42.1 Å². The van der Waals surface area contributed by atoms with Crippen LogP contribution in [0.25, 0.3) is 11.3 Å². The predicted molar refractivity (Wildman–Crippen MR) is 107 cm³/mol. The summed E-state index contributed by atoms with van der Waals surface area (Å²) in [6.45, 7) is 2.37. The number of pyridine rings is 1. The molecule has 1 amide bonds. The summed E-state index contributed by atoms with van der Waals surface area (Å²) in [6.07, 6.45) is 5.79. The Kier molecular flexibility index (Phi) is 6.18. The van der Waals surface area contributed by atoms with Crippen LogP contribution in [0.1, 0.15) is 24.8 Å². The standard InChI is InChI=1S/C19H23N3O3S2/c1-13-17(27(24,25)22-15-8-4-6-12-21-19(15)23)10-9-16(26-2)18(13)14-7-3-5-11-20-14/h3,5,7,9-11,15,22H,4,6,8,12H2,1-2H3,(H,21,23)/t15-/m1/s1.